The van der Waals surface area contributed by atoms with Gasteiger partial charge >= 0.3 is 0 Å². The van der Waals surface area contributed by atoms with Crippen LogP contribution in [0, 0.1) is 5.82 Å². The summed E-state index contributed by atoms with van der Waals surface area (Å²) in [7, 11) is 0. The first-order chi connectivity index (χ1) is 12.7. The lowest BCUT2D eigenvalue weighted by molar-refractivity contribution is -0.118. The number of rotatable bonds is 6. The van der Waals surface area contributed by atoms with Gasteiger partial charge in [-0.1, -0.05) is 30.3 Å². The molecular formula is C20H20FNO3S. The van der Waals surface area contributed by atoms with Crippen molar-refractivity contribution in [3.8, 4) is 5.75 Å². The molecule has 0 unspecified atom stereocenters. The Labute approximate surface area is 156 Å². The maximum Gasteiger partial charge on any atom is 0.230 e. The Morgan fingerprint density at radius 3 is 2.81 bits per heavy atom. The van der Waals surface area contributed by atoms with Gasteiger partial charge in [-0.3, -0.25) is 4.79 Å². The summed E-state index contributed by atoms with van der Waals surface area (Å²) in [5.74, 6) is 1.27. The lowest BCUT2D eigenvalue weighted by Crippen LogP contribution is -2.27. The van der Waals surface area contributed by atoms with Gasteiger partial charge in [-0.25, -0.2) is 4.39 Å². The van der Waals surface area contributed by atoms with Gasteiger partial charge in [-0.2, -0.15) is 0 Å². The highest BCUT2D eigenvalue weighted by molar-refractivity contribution is 7.99. The summed E-state index contributed by atoms with van der Waals surface area (Å²) in [4.78, 5) is 11.8. The van der Waals surface area contributed by atoms with E-state index in [9.17, 15) is 9.18 Å². The molecular weight excluding hydrogens is 353 g/mol. The van der Waals surface area contributed by atoms with E-state index in [0.717, 1.165) is 24.0 Å². The number of carbonyl (C=O) groups excluding carboxylic acids is 1. The molecule has 0 saturated heterocycles. The molecule has 0 aromatic heterocycles. The number of hydrogen-bond acceptors (Lipinski definition) is 4. The van der Waals surface area contributed by atoms with E-state index in [4.69, 9.17) is 9.47 Å². The van der Waals surface area contributed by atoms with Crippen molar-refractivity contribution >= 4 is 17.7 Å². The lowest BCUT2D eigenvalue weighted by Gasteiger charge is -2.28. The van der Waals surface area contributed by atoms with Crippen molar-refractivity contribution in [2.75, 3.05) is 5.75 Å². The van der Waals surface area contributed by atoms with Crippen molar-refractivity contribution < 1.29 is 18.7 Å². The van der Waals surface area contributed by atoms with E-state index in [1.165, 1.54) is 23.9 Å². The van der Waals surface area contributed by atoms with Gasteiger partial charge in [0.1, 0.15) is 11.6 Å². The Hall–Kier alpha value is -2.05. The first-order valence-electron chi connectivity index (χ1n) is 8.70. The third kappa shape index (κ3) is 4.19. The first kappa shape index (κ1) is 17.4. The van der Waals surface area contributed by atoms with Crippen molar-refractivity contribution in [2.24, 2.45) is 0 Å². The van der Waals surface area contributed by atoms with Gasteiger partial charge in [0, 0.05) is 28.5 Å². The number of carbonyl (C=O) groups is 1. The summed E-state index contributed by atoms with van der Waals surface area (Å²) in [6.45, 7) is 0.298. The monoisotopic (exact) mass is 373 g/mol. The van der Waals surface area contributed by atoms with Crippen LogP contribution in [0.3, 0.4) is 0 Å². The molecule has 2 aliphatic rings. The maximum absolute atomic E-state index is 13.9. The van der Waals surface area contributed by atoms with Gasteiger partial charge in [0.15, 0.2) is 0 Å². The molecule has 1 atom stereocenters. The fourth-order valence-electron chi connectivity index (χ4n) is 2.91. The van der Waals surface area contributed by atoms with Crippen LogP contribution in [0.15, 0.2) is 42.5 Å². The fraction of sp³-hybridized carbons (Fsp3) is 0.350. The summed E-state index contributed by atoms with van der Waals surface area (Å²) >= 11 is 1.46. The average molecular weight is 373 g/mol. The highest BCUT2D eigenvalue weighted by atomic mass is 32.2. The van der Waals surface area contributed by atoms with Gasteiger partial charge in [0.25, 0.3) is 0 Å². The van der Waals surface area contributed by atoms with Crippen LogP contribution in [0.2, 0.25) is 0 Å². The van der Waals surface area contributed by atoms with Gasteiger partial charge in [-0.05, 0) is 25.0 Å². The number of hydrogen-bond donors (Lipinski definition) is 1. The molecule has 0 spiro atoms. The molecule has 1 amide bonds. The molecule has 1 aliphatic heterocycles. The van der Waals surface area contributed by atoms with Gasteiger partial charge < -0.3 is 14.8 Å². The number of amides is 1. The molecule has 6 heteroatoms. The minimum absolute atomic E-state index is 0.0363. The molecule has 1 fully saturated rings. The largest absolute Gasteiger partial charge is 0.460 e. The zero-order valence-electron chi connectivity index (χ0n) is 14.2. The second-order valence-electron chi connectivity index (χ2n) is 6.56. The van der Waals surface area contributed by atoms with Crippen LogP contribution in [0.4, 0.5) is 4.39 Å². The molecule has 1 aliphatic carbocycles. The minimum atomic E-state index is -0.504. The van der Waals surface area contributed by atoms with E-state index in [-0.39, 0.29) is 11.7 Å². The van der Waals surface area contributed by atoms with E-state index in [2.05, 4.69) is 5.32 Å². The summed E-state index contributed by atoms with van der Waals surface area (Å²) in [6.07, 6.45) is 1.64. The second kappa shape index (κ2) is 7.68. The standard InChI is InChI=1S/C20H20FNO3S/c21-16-8-14-10-24-20(13-4-2-1-3-5-13)25-19(14)15(9-16)11-26-12-18(23)22-17-6-7-17/h1-5,8-9,17,20H,6-7,10-12H2,(H,22,23)/t20-/m0/s1. The molecule has 136 valence electrons. The molecule has 1 heterocycles. The van der Waals surface area contributed by atoms with Crippen LogP contribution in [-0.2, 0) is 21.9 Å². The summed E-state index contributed by atoms with van der Waals surface area (Å²) in [5.41, 5.74) is 2.38. The Morgan fingerprint density at radius 1 is 1.23 bits per heavy atom. The fourth-order valence-corrected chi connectivity index (χ4v) is 3.71. The Morgan fingerprint density at radius 2 is 2.04 bits per heavy atom. The van der Waals surface area contributed by atoms with Crippen LogP contribution >= 0.6 is 11.8 Å². The SMILES string of the molecule is O=C(CSCc1cc(F)cc2c1O[C@@H](c1ccccc1)OC2)NC1CC1. The zero-order chi connectivity index (χ0) is 17.9. The molecule has 1 saturated carbocycles. The highest BCUT2D eigenvalue weighted by Crippen LogP contribution is 2.37. The van der Waals surface area contributed by atoms with E-state index >= 15 is 0 Å². The predicted octanol–water partition coefficient (Wildman–Crippen LogP) is 3.95. The summed E-state index contributed by atoms with van der Waals surface area (Å²) in [6, 6.07) is 13.0. The minimum Gasteiger partial charge on any atom is -0.460 e. The summed E-state index contributed by atoms with van der Waals surface area (Å²) < 4.78 is 25.7. The smallest absolute Gasteiger partial charge is 0.230 e. The van der Waals surface area contributed by atoms with Crippen LogP contribution in [0.1, 0.15) is 35.8 Å². The highest BCUT2D eigenvalue weighted by Gasteiger charge is 2.26. The third-order valence-electron chi connectivity index (χ3n) is 4.33. The average Bonchev–Trinajstić information content (AvgIpc) is 3.46. The number of thioether (sulfide) groups is 1. The molecule has 1 N–H and O–H groups in total. The van der Waals surface area contributed by atoms with Crippen LogP contribution in [0.5, 0.6) is 5.75 Å². The Bertz CT molecular complexity index is 795. The predicted molar refractivity (Wildman–Crippen MR) is 98.3 cm³/mol. The number of nitrogens with one attached hydrogen (secondary N) is 1. The van der Waals surface area contributed by atoms with E-state index in [1.807, 2.05) is 30.3 Å². The molecule has 0 radical (unpaired) electrons. The quantitative estimate of drug-likeness (QED) is 0.833. The van der Waals surface area contributed by atoms with E-state index in [1.54, 1.807) is 0 Å². The van der Waals surface area contributed by atoms with E-state index < -0.39 is 6.29 Å². The molecule has 4 nitrogen and oxygen atoms in total. The van der Waals surface area contributed by atoms with Crippen molar-refractivity contribution in [3.63, 3.8) is 0 Å². The van der Waals surface area contributed by atoms with Crippen LogP contribution in [-0.4, -0.2) is 17.7 Å². The number of halogens is 1. The maximum atomic E-state index is 13.9. The molecule has 4 rings (SSSR count). The van der Waals surface area contributed by atoms with Crippen molar-refractivity contribution in [1.29, 1.82) is 0 Å². The number of benzene rings is 2. The molecule has 2 aromatic rings. The van der Waals surface area contributed by atoms with Gasteiger partial charge in [0.05, 0.1) is 12.4 Å². The molecule has 2 aromatic carbocycles. The second-order valence-corrected chi connectivity index (χ2v) is 7.54. The van der Waals surface area contributed by atoms with Crippen LogP contribution < -0.4 is 10.1 Å². The normalized spacial score (nSPS) is 18.7. The molecule has 0 bridgehead atoms. The molecule has 26 heavy (non-hydrogen) atoms. The van der Waals surface area contributed by atoms with Crippen LogP contribution in [0.25, 0.3) is 0 Å². The lowest BCUT2D eigenvalue weighted by atomic mass is 10.1. The number of fused-ring (bicyclic) bond motifs is 1. The third-order valence-corrected chi connectivity index (χ3v) is 5.31. The van der Waals surface area contributed by atoms with E-state index in [0.29, 0.717) is 35.5 Å². The van der Waals surface area contributed by atoms with Gasteiger partial charge in [0.2, 0.25) is 12.2 Å². The van der Waals surface area contributed by atoms with Crippen molar-refractivity contribution in [1.82, 2.24) is 5.32 Å². The Kier molecular flexibility index (Phi) is 5.13. The zero-order valence-corrected chi connectivity index (χ0v) is 15.1. The topological polar surface area (TPSA) is 47.6 Å². The first-order valence-corrected chi connectivity index (χ1v) is 9.86. The summed E-state index contributed by atoms with van der Waals surface area (Å²) in [5, 5.41) is 2.96. The Balaban J connectivity index is 1.45. The van der Waals surface area contributed by atoms with Gasteiger partial charge in [-0.15, -0.1) is 11.8 Å². The van der Waals surface area contributed by atoms with Crippen molar-refractivity contribution in [2.45, 2.75) is 37.5 Å². The number of ether oxygens (including phenoxy) is 2. The van der Waals surface area contributed by atoms with Crippen molar-refractivity contribution in [3.05, 3.63) is 65.0 Å².